The average Bonchev–Trinajstić information content (AvgIpc) is 3.04. The van der Waals surface area contributed by atoms with Gasteiger partial charge < -0.3 is 19.9 Å². The molecular formula is C20H27N3O5S. The highest BCUT2D eigenvalue weighted by atomic mass is 32.2. The van der Waals surface area contributed by atoms with E-state index in [0.717, 1.165) is 31.9 Å². The van der Waals surface area contributed by atoms with Crippen LogP contribution in [0.15, 0.2) is 24.3 Å². The van der Waals surface area contributed by atoms with Crippen molar-refractivity contribution >= 4 is 28.4 Å². The Hall–Kier alpha value is -2.29. The maximum absolute atomic E-state index is 12.3. The van der Waals surface area contributed by atoms with Crippen LogP contribution in [0, 0.1) is 5.92 Å². The minimum atomic E-state index is -2.35. The van der Waals surface area contributed by atoms with Gasteiger partial charge in [-0.05, 0) is 31.0 Å². The molecule has 2 amide bonds. The summed E-state index contributed by atoms with van der Waals surface area (Å²) in [7, 11) is -2.35. The molecule has 1 aromatic rings. The zero-order valence-electron chi connectivity index (χ0n) is 16.5. The third-order valence-corrected chi connectivity index (χ3v) is 7.42. The van der Waals surface area contributed by atoms with Crippen LogP contribution in [-0.4, -0.2) is 69.4 Å². The van der Waals surface area contributed by atoms with E-state index in [2.05, 4.69) is 34.5 Å². The highest BCUT2D eigenvalue weighted by Gasteiger charge is 2.34. The van der Waals surface area contributed by atoms with Crippen molar-refractivity contribution in [1.82, 2.24) is 10.2 Å². The van der Waals surface area contributed by atoms with Crippen LogP contribution in [0.1, 0.15) is 31.2 Å². The quantitative estimate of drug-likeness (QED) is 0.636. The van der Waals surface area contributed by atoms with Crippen LogP contribution in [-0.2, 0) is 20.2 Å². The molecule has 0 bridgehead atoms. The molecule has 3 aliphatic heterocycles. The Labute approximate surface area is 172 Å². The molecule has 3 saturated heterocycles. The van der Waals surface area contributed by atoms with E-state index in [9.17, 15) is 18.0 Å². The van der Waals surface area contributed by atoms with Gasteiger partial charge in [0.25, 0.3) is 0 Å². The van der Waals surface area contributed by atoms with Gasteiger partial charge in [-0.25, -0.2) is 13.2 Å². The number of nitrogens with zero attached hydrogens (tertiary/aromatic N) is 2. The van der Waals surface area contributed by atoms with Gasteiger partial charge in [0.15, 0.2) is 0 Å². The van der Waals surface area contributed by atoms with E-state index in [-0.39, 0.29) is 23.1 Å². The van der Waals surface area contributed by atoms with Gasteiger partial charge in [-0.15, -0.1) is 0 Å². The van der Waals surface area contributed by atoms with Crippen molar-refractivity contribution in [2.24, 2.45) is 5.92 Å². The lowest BCUT2D eigenvalue weighted by Gasteiger charge is -2.43. The van der Waals surface area contributed by atoms with Crippen molar-refractivity contribution in [3.8, 4) is 0 Å². The number of rotatable bonds is 7. The monoisotopic (exact) mass is 421 g/mol. The van der Waals surface area contributed by atoms with Crippen LogP contribution >= 0.6 is 0 Å². The molecule has 4 rings (SSSR count). The molecule has 29 heavy (non-hydrogen) atoms. The third kappa shape index (κ3) is 4.34. The van der Waals surface area contributed by atoms with Gasteiger partial charge in [0.1, 0.15) is 17.3 Å². The standard InChI is InChI=1S/C20H27N3O5S/c1-13(29(26)27)15-8-22(9-15)18-5-2-14(3-6-18)16-10-23(11-16)19(24)7-4-17-12-28-20(25)21-17/h2-3,5-6,13,15-17,29H,4,7-12H2,1H3,(H,21,25)/t13?,17-/m1/s1. The van der Waals surface area contributed by atoms with Crippen molar-refractivity contribution in [2.75, 3.05) is 37.7 Å². The van der Waals surface area contributed by atoms with Gasteiger partial charge in [-0.3, -0.25) is 4.79 Å². The molecule has 3 aliphatic rings. The van der Waals surface area contributed by atoms with Crippen molar-refractivity contribution in [3.05, 3.63) is 29.8 Å². The predicted molar refractivity (Wildman–Crippen MR) is 109 cm³/mol. The highest BCUT2D eigenvalue weighted by molar-refractivity contribution is 7.73. The molecule has 1 aromatic carbocycles. The van der Waals surface area contributed by atoms with Crippen LogP contribution in [0.2, 0.25) is 0 Å². The smallest absolute Gasteiger partial charge is 0.407 e. The molecule has 0 radical (unpaired) electrons. The first kappa shape index (κ1) is 20.0. The lowest BCUT2D eigenvalue weighted by molar-refractivity contribution is -0.135. The topological polar surface area (TPSA) is 96.0 Å². The number of thiol groups is 1. The van der Waals surface area contributed by atoms with Crippen LogP contribution in [0.3, 0.4) is 0 Å². The molecule has 9 heteroatoms. The highest BCUT2D eigenvalue weighted by Crippen LogP contribution is 2.32. The number of carbonyl (C=O) groups is 2. The third-order valence-electron chi connectivity index (χ3n) is 6.33. The number of nitrogens with one attached hydrogen (secondary N) is 1. The number of likely N-dealkylation sites (tertiary alicyclic amines) is 1. The number of hydrogen-bond acceptors (Lipinski definition) is 6. The first-order valence-corrected chi connectivity index (χ1v) is 11.3. The van der Waals surface area contributed by atoms with Crippen molar-refractivity contribution < 1.29 is 22.7 Å². The molecule has 158 valence electrons. The van der Waals surface area contributed by atoms with E-state index in [4.69, 9.17) is 4.74 Å². The Morgan fingerprint density at radius 1 is 1.21 bits per heavy atom. The minimum Gasteiger partial charge on any atom is -0.447 e. The Kier molecular flexibility index (Phi) is 5.67. The number of hydrogen-bond donors (Lipinski definition) is 2. The summed E-state index contributed by atoms with van der Waals surface area (Å²) >= 11 is 0. The van der Waals surface area contributed by atoms with Gasteiger partial charge in [-0.1, -0.05) is 12.1 Å². The fourth-order valence-corrected chi connectivity index (χ4v) is 4.62. The summed E-state index contributed by atoms with van der Waals surface area (Å²) in [5.41, 5.74) is 2.34. The number of benzene rings is 1. The number of alkyl carbamates (subject to hydrolysis) is 1. The molecule has 2 atom stereocenters. The summed E-state index contributed by atoms with van der Waals surface area (Å²) in [5.74, 6) is 0.693. The SMILES string of the molecule is CC(C1CN(c2ccc(C3CN(C(=O)CC[C@@H]4COC(=O)N4)C3)cc2)C1)[SH](=O)=O. The van der Waals surface area contributed by atoms with Gasteiger partial charge in [0.2, 0.25) is 5.91 Å². The maximum atomic E-state index is 12.3. The Bertz CT molecular complexity index is 836. The molecule has 3 heterocycles. The normalized spacial score (nSPS) is 23.4. The van der Waals surface area contributed by atoms with Crippen LogP contribution in [0.4, 0.5) is 10.5 Å². The van der Waals surface area contributed by atoms with Crippen molar-refractivity contribution in [3.63, 3.8) is 0 Å². The summed E-state index contributed by atoms with van der Waals surface area (Å²) in [6, 6.07) is 8.33. The largest absolute Gasteiger partial charge is 0.447 e. The molecule has 0 aliphatic carbocycles. The van der Waals surface area contributed by atoms with Crippen molar-refractivity contribution in [2.45, 2.75) is 37.0 Å². The van der Waals surface area contributed by atoms with Gasteiger partial charge in [-0.2, -0.15) is 0 Å². The second-order valence-electron chi connectivity index (χ2n) is 8.26. The van der Waals surface area contributed by atoms with Crippen molar-refractivity contribution in [1.29, 1.82) is 0 Å². The predicted octanol–water partition coefficient (Wildman–Crippen LogP) is 0.937. The fraction of sp³-hybridized carbons (Fsp3) is 0.600. The summed E-state index contributed by atoms with van der Waals surface area (Å²) < 4.78 is 27.0. The number of cyclic esters (lactones) is 1. The van der Waals surface area contributed by atoms with E-state index in [0.29, 0.717) is 25.4 Å². The summed E-state index contributed by atoms with van der Waals surface area (Å²) in [5, 5.41) is 2.42. The number of anilines is 1. The van der Waals surface area contributed by atoms with Gasteiger partial charge >= 0.3 is 6.09 Å². The summed E-state index contributed by atoms with van der Waals surface area (Å²) in [4.78, 5) is 27.4. The van der Waals surface area contributed by atoms with Crippen LogP contribution in [0.25, 0.3) is 0 Å². The summed E-state index contributed by atoms with van der Waals surface area (Å²) in [6.07, 6.45) is 0.624. The van der Waals surface area contributed by atoms with E-state index in [1.807, 2.05) is 4.90 Å². The minimum absolute atomic E-state index is 0.0607. The molecule has 1 unspecified atom stereocenters. The van der Waals surface area contributed by atoms with Crippen LogP contribution < -0.4 is 10.2 Å². The Morgan fingerprint density at radius 3 is 2.48 bits per heavy atom. The lowest BCUT2D eigenvalue weighted by Crippen LogP contribution is -2.51. The molecule has 0 saturated carbocycles. The molecule has 1 N–H and O–H groups in total. The van der Waals surface area contributed by atoms with E-state index < -0.39 is 16.8 Å². The second-order valence-corrected chi connectivity index (χ2v) is 9.64. The first-order valence-electron chi connectivity index (χ1n) is 10.1. The second kappa shape index (κ2) is 8.22. The molecule has 0 spiro atoms. The zero-order chi connectivity index (χ0) is 20.5. The van der Waals surface area contributed by atoms with Gasteiger partial charge in [0, 0.05) is 50.1 Å². The molecule has 0 aromatic heterocycles. The number of ether oxygens (including phenoxy) is 1. The molecule has 3 fully saturated rings. The molecular weight excluding hydrogens is 394 g/mol. The number of carbonyl (C=O) groups excluding carboxylic acids is 2. The summed E-state index contributed by atoms with van der Waals surface area (Å²) in [6.45, 7) is 5.13. The number of amides is 2. The maximum Gasteiger partial charge on any atom is 0.407 e. The van der Waals surface area contributed by atoms with Gasteiger partial charge in [0.05, 0.1) is 11.3 Å². The van der Waals surface area contributed by atoms with Crippen LogP contribution in [0.5, 0.6) is 0 Å². The fourth-order valence-electron chi connectivity index (χ4n) is 4.09. The molecule has 8 nitrogen and oxygen atoms in total. The van der Waals surface area contributed by atoms with E-state index in [1.165, 1.54) is 5.56 Å². The Morgan fingerprint density at radius 2 is 1.90 bits per heavy atom. The van der Waals surface area contributed by atoms with E-state index >= 15 is 0 Å². The zero-order valence-corrected chi connectivity index (χ0v) is 17.3. The lowest BCUT2D eigenvalue weighted by atomic mass is 9.90. The average molecular weight is 422 g/mol. The van der Waals surface area contributed by atoms with E-state index in [1.54, 1.807) is 6.92 Å². The Balaban J connectivity index is 1.20. The first-order chi connectivity index (χ1) is 13.9.